The molecule has 0 bridgehead atoms. The second-order valence-corrected chi connectivity index (χ2v) is 4.98. The van der Waals surface area contributed by atoms with Gasteiger partial charge in [0.2, 0.25) is 0 Å². The Morgan fingerprint density at radius 2 is 2.24 bits per heavy atom. The van der Waals surface area contributed by atoms with Gasteiger partial charge in [-0.25, -0.2) is 4.39 Å². The summed E-state index contributed by atoms with van der Waals surface area (Å²) in [5, 5.41) is 13.9. The minimum absolute atomic E-state index is 0.125. The highest BCUT2D eigenvalue weighted by atomic mass is 35.5. The van der Waals surface area contributed by atoms with E-state index in [0.29, 0.717) is 23.0 Å². The number of hydrogen-bond acceptors (Lipinski definition) is 5. The SMILES string of the molecule is OC1ON=C(Cc2c(F)cccc2Cl)N1Cc1ccoc1. The van der Waals surface area contributed by atoms with E-state index < -0.39 is 12.2 Å². The molecule has 0 spiro atoms. The van der Waals surface area contributed by atoms with Gasteiger partial charge in [-0.05, 0) is 18.2 Å². The molecule has 1 atom stereocenters. The van der Waals surface area contributed by atoms with Crippen molar-refractivity contribution in [3.8, 4) is 0 Å². The first-order valence-electron chi connectivity index (χ1n) is 6.26. The molecule has 1 aromatic heterocycles. The van der Waals surface area contributed by atoms with Gasteiger partial charge < -0.3 is 14.4 Å². The third-order valence-electron chi connectivity index (χ3n) is 3.18. The zero-order valence-corrected chi connectivity index (χ0v) is 11.6. The quantitative estimate of drug-likeness (QED) is 0.943. The van der Waals surface area contributed by atoms with E-state index in [2.05, 4.69) is 5.16 Å². The van der Waals surface area contributed by atoms with Crippen LogP contribution in [0.5, 0.6) is 0 Å². The largest absolute Gasteiger partial charge is 0.472 e. The Labute approximate surface area is 125 Å². The number of amidine groups is 1. The lowest BCUT2D eigenvalue weighted by molar-refractivity contribution is -0.147. The minimum Gasteiger partial charge on any atom is -0.472 e. The molecule has 3 rings (SSSR count). The monoisotopic (exact) mass is 310 g/mol. The molecule has 0 fully saturated rings. The Balaban J connectivity index is 1.80. The molecule has 1 aliphatic rings. The number of halogens is 2. The molecule has 0 aliphatic carbocycles. The fourth-order valence-corrected chi connectivity index (χ4v) is 2.32. The maximum absolute atomic E-state index is 13.8. The highest BCUT2D eigenvalue weighted by Gasteiger charge is 2.29. The summed E-state index contributed by atoms with van der Waals surface area (Å²) in [6, 6.07) is 6.23. The number of benzene rings is 1. The van der Waals surface area contributed by atoms with Crippen LogP contribution in [-0.2, 0) is 17.8 Å². The van der Waals surface area contributed by atoms with Crippen LogP contribution in [0.1, 0.15) is 11.1 Å². The van der Waals surface area contributed by atoms with Crippen LogP contribution < -0.4 is 0 Å². The Hall–Kier alpha value is -2.05. The summed E-state index contributed by atoms with van der Waals surface area (Å²) in [6.07, 6.45) is 2.00. The molecule has 110 valence electrons. The maximum Gasteiger partial charge on any atom is 0.307 e. The maximum atomic E-state index is 13.8. The summed E-state index contributed by atoms with van der Waals surface area (Å²) in [4.78, 5) is 6.36. The van der Waals surface area contributed by atoms with Crippen molar-refractivity contribution in [3.05, 3.63) is 58.8 Å². The Kier molecular flexibility index (Phi) is 3.81. The summed E-state index contributed by atoms with van der Waals surface area (Å²) in [7, 11) is 0. The van der Waals surface area contributed by atoms with Gasteiger partial charge in [0, 0.05) is 22.6 Å². The summed E-state index contributed by atoms with van der Waals surface area (Å²) < 4.78 is 18.8. The van der Waals surface area contributed by atoms with Crippen LogP contribution in [0.15, 0.2) is 46.4 Å². The standard InChI is InChI=1S/C14H12ClFN2O3/c15-11-2-1-3-12(16)10(11)6-13-17-21-14(19)18(13)7-9-4-5-20-8-9/h1-5,8,14,19H,6-7H2. The number of furan rings is 1. The number of aliphatic hydroxyl groups is 1. The van der Waals surface area contributed by atoms with Crippen molar-refractivity contribution in [2.75, 3.05) is 0 Å². The third-order valence-corrected chi connectivity index (χ3v) is 3.53. The molecule has 0 radical (unpaired) electrons. The minimum atomic E-state index is -1.21. The number of rotatable bonds is 4. The molecule has 0 saturated carbocycles. The van der Waals surface area contributed by atoms with Crippen LogP contribution in [0, 0.1) is 5.82 Å². The van der Waals surface area contributed by atoms with Crippen LogP contribution in [-0.4, -0.2) is 22.3 Å². The molecule has 1 aliphatic heterocycles. The van der Waals surface area contributed by atoms with Crippen molar-refractivity contribution in [2.45, 2.75) is 19.4 Å². The van der Waals surface area contributed by atoms with Gasteiger partial charge in [0.25, 0.3) is 0 Å². The van der Waals surface area contributed by atoms with Gasteiger partial charge >= 0.3 is 6.41 Å². The molecule has 1 N–H and O–H groups in total. The molecular formula is C14H12ClFN2O3. The first-order chi connectivity index (χ1) is 10.1. The molecule has 1 aromatic carbocycles. The number of nitrogens with zero attached hydrogens (tertiary/aromatic N) is 2. The van der Waals surface area contributed by atoms with Crippen molar-refractivity contribution in [1.82, 2.24) is 4.90 Å². The van der Waals surface area contributed by atoms with Gasteiger partial charge in [-0.2, -0.15) is 0 Å². The van der Waals surface area contributed by atoms with Crippen LogP contribution in [0.25, 0.3) is 0 Å². The topological polar surface area (TPSA) is 58.2 Å². The lowest BCUT2D eigenvalue weighted by Gasteiger charge is -2.21. The second-order valence-electron chi connectivity index (χ2n) is 4.58. The molecule has 7 heteroatoms. The Bertz CT molecular complexity index is 640. The second kappa shape index (κ2) is 5.75. The lowest BCUT2D eigenvalue weighted by atomic mass is 10.1. The first-order valence-corrected chi connectivity index (χ1v) is 6.64. The predicted molar refractivity (Wildman–Crippen MR) is 73.9 cm³/mol. The van der Waals surface area contributed by atoms with E-state index in [-0.39, 0.29) is 6.42 Å². The van der Waals surface area contributed by atoms with E-state index in [0.717, 1.165) is 5.56 Å². The summed E-state index contributed by atoms with van der Waals surface area (Å²) >= 11 is 6.00. The van der Waals surface area contributed by atoms with Gasteiger partial charge in [0.05, 0.1) is 19.1 Å². The summed E-state index contributed by atoms with van der Waals surface area (Å²) in [5.74, 6) is -0.0226. The van der Waals surface area contributed by atoms with Crippen molar-refractivity contribution >= 4 is 17.4 Å². The normalized spacial score (nSPS) is 17.8. The van der Waals surface area contributed by atoms with Gasteiger partial charge in [0.1, 0.15) is 5.82 Å². The number of hydrogen-bond donors (Lipinski definition) is 1. The zero-order valence-electron chi connectivity index (χ0n) is 10.9. The first kappa shape index (κ1) is 13.9. The van der Waals surface area contributed by atoms with Crippen molar-refractivity contribution in [1.29, 1.82) is 0 Å². The fraction of sp³-hybridized carbons (Fsp3) is 0.214. The average molecular weight is 311 g/mol. The lowest BCUT2D eigenvalue weighted by Crippen LogP contribution is -2.36. The highest BCUT2D eigenvalue weighted by molar-refractivity contribution is 6.31. The molecular weight excluding hydrogens is 299 g/mol. The van der Waals surface area contributed by atoms with E-state index in [1.54, 1.807) is 18.4 Å². The molecule has 0 saturated heterocycles. The van der Waals surface area contributed by atoms with Crippen molar-refractivity contribution in [2.24, 2.45) is 5.16 Å². The van der Waals surface area contributed by atoms with Crippen molar-refractivity contribution < 1.29 is 18.8 Å². The predicted octanol–water partition coefficient (Wildman–Crippen LogP) is 2.74. The molecule has 2 heterocycles. The van der Waals surface area contributed by atoms with Crippen LogP contribution in [0.2, 0.25) is 5.02 Å². The number of oxime groups is 1. The zero-order chi connectivity index (χ0) is 14.8. The van der Waals surface area contributed by atoms with Crippen LogP contribution >= 0.6 is 11.6 Å². The fourth-order valence-electron chi connectivity index (χ4n) is 2.09. The average Bonchev–Trinajstić information content (AvgIpc) is 3.07. The molecule has 1 unspecified atom stereocenters. The van der Waals surface area contributed by atoms with Crippen LogP contribution in [0.3, 0.4) is 0 Å². The summed E-state index contributed by atoms with van der Waals surface area (Å²) in [5.41, 5.74) is 1.15. The van der Waals surface area contributed by atoms with E-state index >= 15 is 0 Å². The van der Waals surface area contributed by atoms with Crippen LogP contribution in [0.4, 0.5) is 4.39 Å². The van der Waals surface area contributed by atoms with E-state index in [4.69, 9.17) is 20.9 Å². The smallest absolute Gasteiger partial charge is 0.307 e. The highest BCUT2D eigenvalue weighted by Crippen LogP contribution is 2.23. The van der Waals surface area contributed by atoms with Gasteiger partial charge in [-0.15, -0.1) is 0 Å². The molecule has 5 nitrogen and oxygen atoms in total. The Morgan fingerprint density at radius 3 is 2.95 bits per heavy atom. The van der Waals surface area contributed by atoms with Gasteiger partial charge in [-0.3, -0.25) is 4.90 Å². The van der Waals surface area contributed by atoms with E-state index in [1.807, 2.05) is 0 Å². The third kappa shape index (κ3) is 2.86. The Morgan fingerprint density at radius 1 is 1.38 bits per heavy atom. The molecule has 0 amide bonds. The van der Waals surface area contributed by atoms with Crippen molar-refractivity contribution in [3.63, 3.8) is 0 Å². The van der Waals surface area contributed by atoms with Gasteiger partial charge in [-0.1, -0.05) is 22.8 Å². The molecule has 2 aromatic rings. The molecule has 21 heavy (non-hydrogen) atoms. The summed E-state index contributed by atoms with van der Waals surface area (Å²) in [6.45, 7) is 0.336. The van der Waals surface area contributed by atoms with E-state index in [9.17, 15) is 9.50 Å². The van der Waals surface area contributed by atoms with Gasteiger partial charge in [0.15, 0.2) is 5.84 Å². The number of aliphatic hydroxyl groups excluding tert-OH is 1. The van der Waals surface area contributed by atoms with E-state index in [1.165, 1.54) is 23.3 Å².